The van der Waals surface area contributed by atoms with E-state index >= 15 is 0 Å². The number of nitrogens with zero attached hydrogens (tertiary/aromatic N) is 2. The topological polar surface area (TPSA) is 17.8 Å². The highest BCUT2D eigenvalue weighted by atomic mass is 35.5. The molecule has 1 atom stereocenters. The van der Waals surface area contributed by atoms with Crippen molar-refractivity contribution in [1.82, 2.24) is 9.78 Å². The SMILES string of the molecule is CCCn1cc(CCC(Cl)C2CC2)cn1. The summed E-state index contributed by atoms with van der Waals surface area (Å²) >= 11 is 6.27. The van der Waals surface area contributed by atoms with Gasteiger partial charge in [0.2, 0.25) is 0 Å². The molecule has 1 aliphatic rings. The molecule has 1 unspecified atom stereocenters. The zero-order chi connectivity index (χ0) is 10.7. The fourth-order valence-corrected chi connectivity index (χ4v) is 2.25. The Morgan fingerprint density at radius 3 is 3.07 bits per heavy atom. The lowest BCUT2D eigenvalue weighted by Gasteiger charge is -2.05. The molecule has 0 aliphatic heterocycles. The first-order valence-corrected chi connectivity index (χ1v) is 6.38. The summed E-state index contributed by atoms with van der Waals surface area (Å²) in [7, 11) is 0. The van der Waals surface area contributed by atoms with E-state index in [9.17, 15) is 0 Å². The van der Waals surface area contributed by atoms with E-state index in [1.54, 1.807) is 0 Å². The van der Waals surface area contributed by atoms with Gasteiger partial charge in [0.25, 0.3) is 0 Å². The molecule has 84 valence electrons. The van der Waals surface area contributed by atoms with E-state index in [1.807, 2.05) is 10.9 Å². The Labute approximate surface area is 96.6 Å². The summed E-state index contributed by atoms with van der Waals surface area (Å²) < 4.78 is 2.02. The largest absolute Gasteiger partial charge is 0.272 e. The Morgan fingerprint density at radius 2 is 2.40 bits per heavy atom. The van der Waals surface area contributed by atoms with Gasteiger partial charge in [-0.2, -0.15) is 5.10 Å². The van der Waals surface area contributed by atoms with Crippen LogP contribution in [0.25, 0.3) is 0 Å². The molecular formula is C12H19ClN2. The van der Waals surface area contributed by atoms with Gasteiger partial charge in [-0.15, -0.1) is 11.6 Å². The predicted molar refractivity (Wildman–Crippen MR) is 63.2 cm³/mol. The molecule has 1 aliphatic carbocycles. The Bertz CT molecular complexity index is 304. The van der Waals surface area contributed by atoms with Crippen molar-refractivity contribution in [3.63, 3.8) is 0 Å². The minimum atomic E-state index is 0.388. The van der Waals surface area contributed by atoms with Gasteiger partial charge in [-0.05, 0) is 43.6 Å². The first kappa shape index (κ1) is 11.0. The molecule has 0 aromatic carbocycles. The van der Waals surface area contributed by atoms with Gasteiger partial charge in [0.05, 0.1) is 6.20 Å². The second kappa shape index (κ2) is 5.02. The molecule has 1 fully saturated rings. The first-order valence-electron chi connectivity index (χ1n) is 5.95. The summed E-state index contributed by atoms with van der Waals surface area (Å²) in [4.78, 5) is 0. The molecule has 2 rings (SSSR count). The lowest BCUT2D eigenvalue weighted by molar-refractivity contribution is 0.601. The minimum absolute atomic E-state index is 0.388. The highest BCUT2D eigenvalue weighted by Gasteiger charge is 2.29. The van der Waals surface area contributed by atoms with Crippen LogP contribution >= 0.6 is 11.6 Å². The predicted octanol–water partition coefficient (Wildman–Crippen LogP) is 3.24. The molecule has 0 spiro atoms. The van der Waals surface area contributed by atoms with Crippen molar-refractivity contribution in [2.45, 2.75) is 50.9 Å². The third-order valence-electron chi connectivity index (χ3n) is 2.98. The monoisotopic (exact) mass is 226 g/mol. The van der Waals surface area contributed by atoms with Crippen LogP contribution in [-0.2, 0) is 13.0 Å². The number of aromatic nitrogens is 2. The Balaban J connectivity index is 1.76. The van der Waals surface area contributed by atoms with Crippen LogP contribution in [0.1, 0.15) is 38.2 Å². The molecule has 0 radical (unpaired) electrons. The molecule has 1 aromatic heterocycles. The van der Waals surface area contributed by atoms with Crippen LogP contribution in [0.4, 0.5) is 0 Å². The van der Waals surface area contributed by atoms with Crippen LogP contribution in [0.2, 0.25) is 0 Å². The van der Waals surface area contributed by atoms with E-state index in [0.29, 0.717) is 5.38 Å². The summed E-state index contributed by atoms with van der Waals surface area (Å²) in [6.07, 6.45) is 10.1. The van der Waals surface area contributed by atoms with Gasteiger partial charge in [0.1, 0.15) is 0 Å². The number of rotatable bonds is 6. The molecule has 1 aromatic rings. The van der Waals surface area contributed by atoms with Crippen LogP contribution in [0.15, 0.2) is 12.4 Å². The van der Waals surface area contributed by atoms with Crippen molar-refractivity contribution in [2.75, 3.05) is 0 Å². The van der Waals surface area contributed by atoms with E-state index in [2.05, 4.69) is 18.2 Å². The minimum Gasteiger partial charge on any atom is -0.272 e. The molecule has 0 amide bonds. The Kier molecular flexibility index (Phi) is 3.68. The van der Waals surface area contributed by atoms with Gasteiger partial charge < -0.3 is 0 Å². The summed E-state index contributed by atoms with van der Waals surface area (Å²) in [5.41, 5.74) is 1.33. The van der Waals surface area contributed by atoms with Gasteiger partial charge in [-0.3, -0.25) is 4.68 Å². The van der Waals surface area contributed by atoms with Crippen molar-refractivity contribution in [3.05, 3.63) is 18.0 Å². The normalized spacial score (nSPS) is 18.0. The third kappa shape index (κ3) is 3.23. The highest BCUT2D eigenvalue weighted by molar-refractivity contribution is 6.20. The van der Waals surface area contributed by atoms with Gasteiger partial charge >= 0.3 is 0 Å². The van der Waals surface area contributed by atoms with Crippen molar-refractivity contribution in [1.29, 1.82) is 0 Å². The van der Waals surface area contributed by atoms with Crippen LogP contribution < -0.4 is 0 Å². The van der Waals surface area contributed by atoms with Crippen molar-refractivity contribution in [3.8, 4) is 0 Å². The summed E-state index contributed by atoms with van der Waals surface area (Å²) in [5.74, 6) is 0.803. The third-order valence-corrected chi connectivity index (χ3v) is 3.56. The lowest BCUT2D eigenvalue weighted by atomic mass is 10.1. The standard InChI is InChI=1S/C12H19ClN2/c1-2-7-15-9-10(8-14-15)3-6-12(13)11-4-5-11/h8-9,11-12H,2-7H2,1H3. The number of aryl methyl sites for hydroxylation is 2. The maximum Gasteiger partial charge on any atom is 0.0521 e. The summed E-state index contributed by atoms with van der Waals surface area (Å²) in [6.45, 7) is 3.19. The van der Waals surface area contributed by atoms with E-state index in [1.165, 1.54) is 18.4 Å². The first-order chi connectivity index (χ1) is 7.29. The van der Waals surface area contributed by atoms with E-state index in [4.69, 9.17) is 11.6 Å². The van der Waals surface area contributed by atoms with Gasteiger partial charge in [0, 0.05) is 18.1 Å². The molecule has 2 nitrogen and oxygen atoms in total. The van der Waals surface area contributed by atoms with Crippen LogP contribution in [0.5, 0.6) is 0 Å². The zero-order valence-corrected chi connectivity index (χ0v) is 10.1. The number of alkyl halides is 1. The highest BCUT2D eigenvalue weighted by Crippen LogP contribution is 2.37. The number of hydrogen-bond donors (Lipinski definition) is 0. The van der Waals surface area contributed by atoms with Crippen molar-refractivity contribution >= 4 is 11.6 Å². The van der Waals surface area contributed by atoms with E-state index < -0.39 is 0 Å². The molecule has 1 heterocycles. The van der Waals surface area contributed by atoms with E-state index in [-0.39, 0.29) is 0 Å². The Morgan fingerprint density at radius 1 is 1.60 bits per heavy atom. The van der Waals surface area contributed by atoms with Crippen molar-refractivity contribution < 1.29 is 0 Å². The second-order valence-electron chi connectivity index (χ2n) is 4.50. The van der Waals surface area contributed by atoms with Crippen LogP contribution in [0.3, 0.4) is 0 Å². The van der Waals surface area contributed by atoms with Crippen LogP contribution in [-0.4, -0.2) is 15.2 Å². The molecule has 1 saturated carbocycles. The average molecular weight is 227 g/mol. The smallest absolute Gasteiger partial charge is 0.0521 e. The average Bonchev–Trinajstić information content (AvgIpc) is 2.98. The molecule has 3 heteroatoms. The molecule has 0 bridgehead atoms. The lowest BCUT2D eigenvalue weighted by Crippen LogP contribution is -2.02. The van der Waals surface area contributed by atoms with Gasteiger partial charge in [-0.1, -0.05) is 6.92 Å². The molecular weight excluding hydrogens is 208 g/mol. The van der Waals surface area contributed by atoms with Gasteiger partial charge in [0.15, 0.2) is 0 Å². The summed E-state index contributed by atoms with van der Waals surface area (Å²) in [6, 6.07) is 0. The van der Waals surface area contributed by atoms with Gasteiger partial charge in [-0.25, -0.2) is 0 Å². The maximum absolute atomic E-state index is 6.27. The van der Waals surface area contributed by atoms with Crippen molar-refractivity contribution in [2.24, 2.45) is 5.92 Å². The summed E-state index contributed by atoms with van der Waals surface area (Å²) in [5, 5.41) is 4.71. The number of hydrogen-bond acceptors (Lipinski definition) is 1. The molecule has 15 heavy (non-hydrogen) atoms. The zero-order valence-electron chi connectivity index (χ0n) is 9.32. The Hall–Kier alpha value is -0.500. The van der Waals surface area contributed by atoms with E-state index in [0.717, 1.165) is 31.7 Å². The quantitative estimate of drug-likeness (QED) is 0.681. The fourth-order valence-electron chi connectivity index (χ4n) is 1.89. The molecule has 0 saturated heterocycles. The molecule has 0 N–H and O–H groups in total. The fraction of sp³-hybridized carbons (Fsp3) is 0.750. The van der Waals surface area contributed by atoms with Crippen LogP contribution in [0, 0.1) is 5.92 Å². The number of halogens is 1. The maximum atomic E-state index is 6.27. The second-order valence-corrected chi connectivity index (χ2v) is 5.06.